The van der Waals surface area contributed by atoms with E-state index in [1.165, 1.54) is 12.1 Å². The Kier molecular flexibility index (Phi) is 14.5. The molecule has 1 amide bonds. The monoisotopic (exact) mass is 926 g/mol. The van der Waals surface area contributed by atoms with Crippen LogP contribution < -0.4 is 18.9 Å². The Bertz CT molecular complexity index is 2600. The predicted octanol–water partition coefficient (Wildman–Crippen LogP) is 9.76. The zero-order valence-electron chi connectivity index (χ0n) is 38.7. The fraction of sp³-hybridized carbons (Fsp3) is 0.415. The van der Waals surface area contributed by atoms with Crippen LogP contribution in [0.5, 0.6) is 28.7 Å². The first-order valence-electron chi connectivity index (χ1n) is 23.2. The number of unbranched alkanes of at least 4 members (excludes halogenated alkanes) is 2. The largest absolute Gasteiger partial charge is 0.459 e. The maximum absolute atomic E-state index is 15.5. The number of hydrogen-bond acceptors (Lipinski definition) is 13. The SMILES string of the molecule is C=CCO[C@@]12Oc3ccc(Oc4cccc([N+](=O)[O-])c4)cc3[C@H]3[C@H](CCCCO)[C@@H](CCCCO)C=C(C(=NOC(C)(C)C)C[C@@H]1N(Cc1ccc4c(c1)OCO4)C(=O)c1ccc(C#N)cc1)[C@H]32. The number of allylic oxidation sites excluding steroid dienone is 1. The lowest BCUT2D eigenvalue weighted by Gasteiger charge is -2.60. The number of amides is 1. The lowest BCUT2D eigenvalue weighted by atomic mass is 9.55. The van der Waals surface area contributed by atoms with Crippen molar-refractivity contribution in [3.63, 3.8) is 0 Å². The van der Waals surface area contributed by atoms with Crippen molar-refractivity contribution in [3.8, 4) is 34.8 Å². The molecule has 4 aromatic carbocycles. The summed E-state index contributed by atoms with van der Waals surface area (Å²) >= 11 is 0. The highest BCUT2D eigenvalue weighted by molar-refractivity contribution is 6.03. The van der Waals surface area contributed by atoms with Crippen LogP contribution in [0.2, 0.25) is 0 Å². The zero-order valence-corrected chi connectivity index (χ0v) is 38.7. The molecule has 4 aliphatic rings. The van der Waals surface area contributed by atoms with Crippen LogP contribution in [0.25, 0.3) is 0 Å². The fourth-order valence-electron chi connectivity index (χ4n) is 10.1. The summed E-state index contributed by atoms with van der Waals surface area (Å²) in [6.45, 7) is 10.1. The molecule has 6 atom stereocenters. The molecule has 0 saturated heterocycles. The summed E-state index contributed by atoms with van der Waals surface area (Å²) in [6, 6.07) is 24.9. The summed E-state index contributed by atoms with van der Waals surface area (Å²) in [5.74, 6) is -0.622. The molecule has 356 valence electrons. The number of nitrogens with zero attached hydrogens (tertiary/aromatic N) is 4. The number of nitriles is 1. The van der Waals surface area contributed by atoms with Crippen molar-refractivity contribution in [1.29, 1.82) is 5.26 Å². The first kappa shape index (κ1) is 47.8. The first-order valence-corrected chi connectivity index (χ1v) is 23.2. The molecule has 68 heavy (non-hydrogen) atoms. The number of ether oxygens (including phenoxy) is 5. The van der Waals surface area contributed by atoms with Gasteiger partial charge in [0.05, 0.1) is 40.9 Å². The number of aliphatic hydroxyl groups is 2. The quantitative estimate of drug-likeness (QED) is 0.0392. The number of benzene rings is 4. The van der Waals surface area contributed by atoms with Gasteiger partial charge in [0.2, 0.25) is 12.6 Å². The third-order valence-corrected chi connectivity index (χ3v) is 13.0. The van der Waals surface area contributed by atoms with Crippen LogP contribution >= 0.6 is 0 Å². The molecule has 2 aliphatic heterocycles. The van der Waals surface area contributed by atoms with E-state index in [0.29, 0.717) is 59.1 Å². The van der Waals surface area contributed by atoms with E-state index in [2.05, 4.69) is 18.7 Å². The molecule has 0 unspecified atom stereocenters. The van der Waals surface area contributed by atoms with Crippen LogP contribution in [0, 0.1) is 39.2 Å². The molecule has 4 aromatic rings. The number of hydrogen-bond donors (Lipinski definition) is 2. The van der Waals surface area contributed by atoms with Gasteiger partial charge in [0.25, 0.3) is 11.6 Å². The second-order valence-corrected chi connectivity index (χ2v) is 18.6. The Morgan fingerprint density at radius 1 is 0.971 bits per heavy atom. The van der Waals surface area contributed by atoms with Crippen molar-refractivity contribution in [2.45, 2.75) is 95.6 Å². The molecule has 0 spiro atoms. The third kappa shape index (κ3) is 10.1. The summed E-state index contributed by atoms with van der Waals surface area (Å²) < 4.78 is 32.4. The van der Waals surface area contributed by atoms with Gasteiger partial charge in [-0.2, -0.15) is 5.26 Å². The maximum atomic E-state index is 15.5. The maximum Gasteiger partial charge on any atom is 0.273 e. The van der Waals surface area contributed by atoms with E-state index in [0.717, 1.165) is 36.0 Å². The van der Waals surface area contributed by atoms with Crippen molar-refractivity contribution in [1.82, 2.24) is 4.90 Å². The van der Waals surface area contributed by atoms with Gasteiger partial charge in [0.15, 0.2) is 11.5 Å². The number of rotatable bonds is 19. The van der Waals surface area contributed by atoms with Crippen molar-refractivity contribution in [2.75, 3.05) is 26.6 Å². The highest BCUT2D eigenvalue weighted by Gasteiger charge is 2.65. The number of fused-ring (bicyclic) bond motifs is 3. The van der Waals surface area contributed by atoms with Gasteiger partial charge in [-0.15, -0.1) is 6.58 Å². The van der Waals surface area contributed by atoms with E-state index in [-0.39, 0.29) is 74.7 Å². The minimum absolute atomic E-state index is 0.0257. The van der Waals surface area contributed by atoms with Crippen molar-refractivity contribution >= 4 is 17.3 Å². The molecule has 1 saturated carbocycles. The Hall–Kier alpha value is -6.73. The van der Waals surface area contributed by atoms with Crippen molar-refractivity contribution in [3.05, 3.63) is 142 Å². The van der Waals surface area contributed by atoms with Gasteiger partial charge in [-0.1, -0.05) is 42.3 Å². The minimum Gasteiger partial charge on any atom is -0.459 e. The van der Waals surface area contributed by atoms with Crippen LogP contribution in [-0.2, 0) is 16.1 Å². The van der Waals surface area contributed by atoms with Crippen LogP contribution in [0.3, 0.4) is 0 Å². The molecule has 0 aromatic heterocycles. The minimum atomic E-state index is -1.58. The molecule has 0 bridgehead atoms. The summed E-state index contributed by atoms with van der Waals surface area (Å²) in [6.07, 6.45) is 8.23. The lowest BCUT2D eigenvalue weighted by Crippen LogP contribution is -2.70. The number of oxime groups is 1. The number of nitro groups is 1. The smallest absolute Gasteiger partial charge is 0.273 e. The van der Waals surface area contributed by atoms with Gasteiger partial charge in [-0.25, -0.2) is 0 Å². The number of carbonyl (C=O) groups excluding carboxylic acids is 1. The van der Waals surface area contributed by atoms with Crippen LogP contribution in [0.4, 0.5) is 5.69 Å². The van der Waals surface area contributed by atoms with E-state index in [4.69, 9.17) is 33.7 Å². The summed E-state index contributed by atoms with van der Waals surface area (Å²) in [5, 5.41) is 46.4. The molecule has 15 heteroatoms. The van der Waals surface area contributed by atoms with Gasteiger partial charge >= 0.3 is 0 Å². The molecular weight excluding hydrogens is 869 g/mol. The topological polar surface area (TPSA) is 195 Å². The second-order valence-electron chi connectivity index (χ2n) is 18.6. The fourth-order valence-corrected chi connectivity index (χ4v) is 10.1. The molecular formula is C53H58N4O11. The highest BCUT2D eigenvalue weighted by atomic mass is 16.7. The standard InChI is InChI=1S/C53H58N4O11/c1-5-25-65-53-48(56(51(60)36-18-15-34(31-54)16-19-36)32-35-17-21-46-47(26-35)64-33-63-46)30-44(55-68-52(2,3)4)42-27-37(11-6-8-23-58)41(14-7-9-24-59)49(50(42)53)43-29-40(20-22-45(43)67-53)66-39-13-10-12-38(28-39)57(61)62/h5,10,12-13,15-22,26-29,37,41,48-50,58-59H,1,6-9,11,14,23-25,30,32-33H2,2-4H3/t37-,41+,48-,49+,50+,53+/m0/s1. The van der Waals surface area contributed by atoms with Gasteiger partial charge in [-0.05, 0) is 130 Å². The molecule has 0 radical (unpaired) electrons. The van der Waals surface area contributed by atoms with Crippen LogP contribution in [0.15, 0.2) is 114 Å². The number of aliphatic hydroxyl groups excluding tert-OH is 2. The number of nitro benzene ring substituents is 1. The van der Waals surface area contributed by atoms with Crippen LogP contribution in [-0.4, -0.2) is 75.7 Å². The van der Waals surface area contributed by atoms with E-state index in [1.807, 2.05) is 51.1 Å². The predicted molar refractivity (Wildman–Crippen MR) is 253 cm³/mol. The van der Waals surface area contributed by atoms with Gasteiger partial charge < -0.3 is 43.6 Å². The van der Waals surface area contributed by atoms with E-state index in [9.17, 15) is 25.6 Å². The Balaban J connectivity index is 1.37. The van der Waals surface area contributed by atoms with Crippen molar-refractivity contribution in [2.24, 2.45) is 22.9 Å². The normalized spacial score (nSPS) is 22.7. The number of non-ortho nitro benzene ring substituents is 1. The lowest BCUT2D eigenvalue weighted by molar-refractivity contribution is -0.384. The molecule has 8 rings (SSSR count). The van der Waals surface area contributed by atoms with E-state index in [1.54, 1.807) is 53.4 Å². The highest BCUT2D eigenvalue weighted by Crippen LogP contribution is 2.62. The van der Waals surface area contributed by atoms with Gasteiger partial charge in [0, 0.05) is 49.3 Å². The summed E-state index contributed by atoms with van der Waals surface area (Å²) in [7, 11) is 0. The third-order valence-electron chi connectivity index (χ3n) is 13.0. The first-order chi connectivity index (χ1) is 32.9. The van der Waals surface area contributed by atoms with Gasteiger partial charge in [-0.3, -0.25) is 14.9 Å². The van der Waals surface area contributed by atoms with Gasteiger partial charge in [0.1, 0.15) is 28.9 Å². The van der Waals surface area contributed by atoms with Crippen LogP contribution in [0.1, 0.15) is 98.7 Å². The Morgan fingerprint density at radius 3 is 2.43 bits per heavy atom. The molecule has 1 fully saturated rings. The zero-order chi connectivity index (χ0) is 48.0. The molecule has 2 heterocycles. The Morgan fingerprint density at radius 2 is 1.71 bits per heavy atom. The van der Waals surface area contributed by atoms with Crippen molar-refractivity contribution < 1.29 is 48.5 Å². The van der Waals surface area contributed by atoms with E-state index < -0.39 is 28.3 Å². The number of carbonyl (C=O) groups is 1. The second kappa shape index (κ2) is 20.6. The molecule has 15 nitrogen and oxygen atoms in total. The average Bonchev–Trinajstić information content (AvgIpc) is 3.81. The summed E-state index contributed by atoms with van der Waals surface area (Å²) in [5.41, 5.74) is 3.02. The molecule has 2 N–H and O–H groups in total. The summed E-state index contributed by atoms with van der Waals surface area (Å²) in [4.78, 5) is 34.8. The Labute approximate surface area is 396 Å². The van der Waals surface area contributed by atoms with E-state index >= 15 is 4.79 Å². The molecule has 2 aliphatic carbocycles. The average molecular weight is 927 g/mol.